The topological polar surface area (TPSA) is 84.5 Å². The van der Waals surface area contributed by atoms with Gasteiger partial charge in [0.2, 0.25) is 5.91 Å². The quantitative estimate of drug-likeness (QED) is 0.610. The first-order chi connectivity index (χ1) is 13.1. The molecule has 6 heteroatoms. The number of para-hydroxylation sites is 1. The Hall–Kier alpha value is -3.41. The maximum absolute atomic E-state index is 12.1. The molecule has 0 radical (unpaired) electrons. The molecular weight excluding hydrogens is 344 g/mol. The van der Waals surface area contributed by atoms with Gasteiger partial charge in [-0.2, -0.15) is 0 Å². The van der Waals surface area contributed by atoms with E-state index < -0.39 is 5.97 Å². The van der Waals surface area contributed by atoms with Gasteiger partial charge >= 0.3 is 5.97 Å². The summed E-state index contributed by atoms with van der Waals surface area (Å²) < 4.78 is 4.71. The molecule has 2 amide bonds. The van der Waals surface area contributed by atoms with Crippen molar-refractivity contribution >= 4 is 29.5 Å². The molecular formula is C21H20N2O4. The van der Waals surface area contributed by atoms with Crippen LogP contribution in [0, 0.1) is 0 Å². The highest BCUT2D eigenvalue weighted by molar-refractivity contribution is 6.06. The molecule has 138 valence electrons. The number of hydrogen-bond donors (Lipinski definition) is 2. The van der Waals surface area contributed by atoms with Gasteiger partial charge in [-0.3, -0.25) is 9.59 Å². The molecule has 1 saturated carbocycles. The number of ether oxygens (including phenoxy) is 1. The van der Waals surface area contributed by atoms with Crippen LogP contribution in [0.3, 0.4) is 0 Å². The average Bonchev–Trinajstić information content (AvgIpc) is 3.50. The second-order valence-electron chi connectivity index (χ2n) is 6.23. The Morgan fingerprint density at radius 1 is 1.04 bits per heavy atom. The Labute approximate surface area is 157 Å². The number of anilines is 1. The van der Waals surface area contributed by atoms with Gasteiger partial charge in [0.25, 0.3) is 5.91 Å². The lowest BCUT2D eigenvalue weighted by molar-refractivity contribution is -0.111. The van der Waals surface area contributed by atoms with Crippen LogP contribution in [-0.4, -0.2) is 30.9 Å². The van der Waals surface area contributed by atoms with E-state index in [1.54, 1.807) is 54.6 Å². The molecule has 0 unspecified atom stereocenters. The van der Waals surface area contributed by atoms with Crippen molar-refractivity contribution in [1.29, 1.82) is 0 Å². The molecule has 0 saturated heterocycles. The normalized spacial score (nSPS) is 13.2. The molecule has 2 N–H and O–H groups in total. The molecule has 3 rings (SSSR count). The number of carbonyl (C=O) groups excluding carboxylic acids is 3. The summed E-state index contributed by atoms with van der Waals surface area (Å²) in [5, 5.41) is 5.59. The molecule has 2 aromatic carbocycles. The van der Waals surface area contributed by atoms with E-state index in [9.17, 15) is 14.4 Å². The number of rotatable bonds is 6. The fourth-order valence-corrected chi connectivity index (χ4v) is 2.47. The average molecular weight is 364 g/mol. The minimum Gasteiger partial charge on any atom is -0.465 e. The minimum atomic E-state index is -0.519. The number of nitrogens with one attached hydrogen (secondary N) is 2. The Kier molecular flexibility index (Phi) is 5.66. The van der Waals surface area contributed by atoms with Crippen molar-refractivity contribution in [2.45, 2.75) is 18.9 Å². The fraction of sp³-hybridized carbons (Fsp3) is 0.190. The van der Waals surface area contributed by atoms with Crippen LogP contribution >= 0.6 is 0 Å². The Morgan fingerprint density at radius 2 is 1.74 bits per heavy atom. The number of carbonyl (C=O) groups is 3. The first-order valence-corrected chi connectivity index (χ1v) is 8.64. The van der Waals surface area contributed by atoms with Gasteiger partial charge < -0.3 is 15.4 Å². The summed E-state index contributed by atoms with van der Waals surface area (Å²) in [7, 11) is 1.29. The summed E-state index contributed by atoms with van der Waals surface area (Å²) in [6.45, 7) is 0. The van der Waals surface area contributed by atoms with Crippen molar-refractivity contribution in [3.8, 4) is 0 Å². The molecule has 1 aliphatic carbocycles. The summed E-state index contributed by atoms with van der Waals surface area (Å²) in [6, 6.07) is 13.9. The molecule has 2 aromatic rings. The molecule has 6 nitrogen and oxygen atoms in total. The number of hydrogen-bond acceptors (Lipinski definition) is 4. The number of methoxy groups -OCH3 is 1. The maximum Gasteiger partial charge on any atom is 0.339 e. The van der Waals surface area contributed by atoms with E-state index in [-0.39, 0.29) is 17.4 Å². The van der Waals surface area contributed by atoms with Crippen LogP contribution in [0.25, 0.3) is 6.08 Å². The van der Waals surface area contributed by atoms with Crippen molar-refractivity contribution < 1.29 is 19.1 Å². The molecule has 0 heterocycles. The van der Waals surface area contributed by atoms with Crippen LogP contribution in [0.1, 0.15) is 39.1 Å². The van der Waals surface area contributed by atoms with Gasteiger partial charge in [-0.1, -0.05) is 24.3 Å². The molecule has 1 fully saturated rings. The van der Waals surface area contributed by atoms with Crippen LogP contribution in [0.2, 0.25) is 0 Å². The van der Waals surface area contributed by atoms with E-state index in [0.29, 0.717) is 17.3 Å². The maximum atomic E-state index is 12.1. The third kappa shape index (κ3) is 5.04. The van der Waals surface area contributed by atoms with E-state index in [1.807, 2.05) is 0 Å². The molecule has 0 aliphatic heterocycles. The third-order valence-electron chi connectivity index (χ3n) is 4.10. The van der Waals surface area contributed by atoms with Crippen LogP contribution in [0.4, 0.5) is 5.69 Å². The lowest BCUT2D eigenvalue weighted by Gasteiger charge is -2.07. The predicted octanol–water partition coefficient (Wildman–Crippen LogP) is 3.02. The first kappa shape index (κ1) is 18.4. The summed E-state index contributed by atoms with van der Waals surface area (Å²) >= 11 is 0. The first-order valence-electron chi connectivity index (χ1n) is 8.64. The van der Waals surface area contributed by atoms with Crippen LogP contribution < -0.4 is 10.6 Å². The van der Waals surface area contributed by atoms with Gasteiger partial charge in [-0.15, -0.1) is 0 Å². The van der Waals surface area contributed by atoms with Gasteiger partial charge in [-0.25, -0.2) is 4.79 Å². The van der Waals surface area contributed by atoms with Crippen LogP contribution in [0.5, 0.6) is 0 Å². The molecule has 0 aromatic heterocycles. The summed E-state index contributed by atoms with van der Waals surface area (Å²) in [5.74, 6) is -0.970. The summed E-state index contributed by atoms with van der Waals surface area (Å²) in [4.78, 5) is 35.8. The molecule has 0 bridgehead atoms. The summed E-state index contributed by atoms with van der Waals surface area (Å²) in [6.07, 6.45) is 5.09. The SMILES string of the molecule is COC(=O)c1ccccc1NC(=O)/C=C/c1ccc(C(=O)NC2CC2)cc1. The van der Waals surface area contributed by atoms with Gasteiger partial charge in [0.1, 0.15) is 0 Å². The second kappa shape index (κ2) is 8.31. The molecule has 0 spiro atoms. The number of benzene rings is 2. The van der Waals surface area contributed by atoms with Crippen molar-refractivity contribution in [3.05, 3.63) is 71.3 Å². The van der Waals surface area contributed by atoms with Crippen LogP contribution in [0.15, 0.2) is 54.6 Å². The molecule has 27 heavy (non-hydrogen) atoms. The van der Waals surface area contributed by atoms with Crippen LogP contribution in [-0.2, 0) is 9.53 Å². The fourth-order valence-electron chi connectivity index (χ4n) is 2.47. The minimum absolute atomic E-state index is 0.0785. The number of esters is 1. The van der Waals surface area contributed by atoms with Gasteiger partial charge in [0.15, 0.2) is 0 Å². The van der Waals surface area contributed by atoms with Crippen molar-refractivity contribution in [2.24, 2.45) is 0 Å². The monoisotopic (exact) mass is 364 g/mol. The molecule has 1 aliphatic rings. The zero-order valence-corrected chi connectivity index (χ0v) is 14.9. The Bertz CT molecular complexity index is 883. The number of amides is 2. The highest BCUT2D eigenvalue weighted by atomic mass is 16.5. The predicted molar refractivity (Wildman–Crippen MR) is 102 cm³/mol. The van der Waals surface area contributed by atoms with E-state index in [4.69, 9.17) is 4.74 Å². The lowest BCUT2D eigenvalue weighted by Crippen LogP contribution is -2.25. The van der Waals surface area contributed by atoms with E-state index in [1.165, 1.54) is 13.2 Å². The van der Waals surface area contributed by atoms with Gasteiger partial charge in [0.05, 0.1) is 18.4 Å². The summed E-state index contributed by atoms with van der Waals surface area (Å²) in [5.41, 5.74) is 2.05. The highest BCUT2D eigenvalue weighted by Gasteiger charge is 2.23. The van der Waals surface area contributed by atoms with E-state index >= 15 is 0 Å². The van der Waals surface area contributed by atoms with E-state index in [2.05, 4.69) is 10.6 Å². The third-order valence-corrected chi connectivity index (χ3v) is 4.10. The lowest BCUT2D eigenvalue weighted by atomic mass is 10.1. The van der Waals surface area contributed by atoms with Crippen molar-refractivity contribution in [1.82, 2.24) is 5.32 Å². The standard InChI is InChI=1S/C21H20N2O4/c1-27-21(26)17-4-2-3-5-18(17)23-19(24)13-8-14-6-9-15(10-7-14)20(25)22-16-11-12-16/h2-10,13,16H,11-12H2,1H3,(H,22,25)(H,23,24)/b13-8+. The van der Waals surface area contributed by atoms with Crippen molar-refractivity contribution in [2.75, 3.05) is 12.4 Å². The zero-order valence-electron chi connectivity index (χ0n) is 14.9. The Morgan fingerprint density at radius 3 is 2.41 bits per heavy atom. The zero-order chi connectivity index (χ0) is 19.2. The van der Waals surface area contributed by atoms with Gasteiger partial charge in [0, 0.05) is 17.7 Å². The van der Waals surface area contributed by atoms with Gasteiger partial charge in [-0.05, 0) is 48.7 Å². The highest BCUT2D eigenvalue weighted by Crippen LogP contribution is 2.19. The molecule has 0 atom stereocenters. The smallest absolute Gasteiger partial charge is 0.339 e. The van der Waals surface area contributed by atoms with Crippen molar-refractivity contribution in [3.63, 3.8) is 0 Å². The van der Waals surface area contributed by atoms with E-state index in [0.717, 1.165) is 18.4 Å². The Balaban J connectivity index is 1.61. The largest absolute Gasteiger partial charge is 0.465 e. The second-order valence-corrected chi connectivity index (χ2v) is 6.23.